The summed E-state index contributed by atoms with van der Waals surface area (Å²) >= 11 is 13.1. The van der Waals surface area contributed by atoms with Crippen molar-refractivity contribution in [2.24, 2.45) is 0 Å². The average Bonchev–Trinajstić information content (AvgIpc) is 3.48. The number of nitrogens with one attached hydrogen (secondary N) is 1. The van der Waals surface area contributed by atoms with Gasteiger partial charge in [-0.05, 0) is 57.9 Å². The Morgan fingerprint density at radius 1 is 0.960 bits per heavy atom. The van der Waals surface area contributed by atoms with Crippen LogP contribution in [0, 0.1) is 6.92 Å². The molecule has 1 aliphatic heterocycles. The maximum Gasteiger partial charge on any atom is 0.339 e. The molecule has 13 nitrogen and oxygen atoms in total. The molecule has 1 aliphatic rings. The van der Waals surface area contributed by atoms with Crippen LogP contribution in [0.25, 0.3) is 17.1 Å². The van der Waals surface area contributed by atoms with E-state index in [4.69, 9.17) is 32.2 Å². The third kappa shape index (κ3) is 9.18. The van der Waals surface area contributed by atoms with Gasteiger partial charge in [0.25, 0.3) is 15.9 Å². The molecule has 50 heavy (non-hydrogen) atoms. The molecule has 1 N–H and O–H groups in total. The van der Waals surface area contributed by atoms with Gasteiger partial charge in [0.05, 0.1) is 57.5 Å². The van der Waals surface area contributed by atoms with Gasteiger partial charge in [0, 0.05) is 55.0 Å². The zero-order chi connectivity index (χ0) is 36.8. The van der Waals surface area contributed by atoms with E-state index in [9.17, 15) is 26.2 Å². The number of carbonyl (C=O) groups excluding carboxylic acids is 1. The molecule has 274 valence electrons. The van der Waals surface area contributed by atoms with Gasteiger partial charge in [0.1, 0.15) is 5.82 Å². The highest BCUT2D eigenvalue weighted by molar-refractivity contribution is 7.86. The van der Waals surface area contributed by atoms with Crippen molar-refractivity contribution in [1.82, 2.24) is 10.0 Å². The number of carbonyl (C=O) groups is 1. The summed E-state index contributed by atoms with van der Waals surface area (Å²) in [4.78, 5) is 16.8. The second-order valence-corrected chi connectivity index (χ2v) is 15.5. The highest BCUT2D eigenvalue weighted by Crippen LogP contribution is 2.44. The molecular weight excluding hydrogens is 729 g/mol. The standard InChI is InChI=1S/C33H43Cl2N5O8S2/c1-6-36-48-50(45,46)18-12-16-40-28-20-24(33(41)47-9-4)26(35)22-30(28)38(8-3)32(40)14-10-13-31-37(7-2)29-21-25(34)23(5)19-27(29)39(31)15-11-17-49(42,43)44/h10,13-14,19-22,36H,6-9,11-12,15-18H2,1-5H3. The molecule has 0 saturated heterocycles. The lowest BCUT2D eigenvalue weighted by atomic mass is 10.2. The van der Waals surface area contributed by atoms with Gasteiger partial charge >= 0.3 is 5.97 Å². The minimum Gasteiger partial charge on any atom is -0.748 e. The van der Waals surface area contributed by atoms with Crippen LogP contribution in [-0.4, -0.2) is 69.7 Å². The van der Waals surface area contributed by atoms with Crippen molar-refractivity contribution in [2.75, 3.05) is 47.5 Å². The Balaban J connectivity index is 1.82. The topological polar surface area (TPSA) is 154 Å². The van der Waals surface area contributed by atoms with Gasteiger partial charge in [-0.15, -0.1) is 0 Å². The minimum absolute atomic E-state index is 0.125. The first kappa shape index (κ1) is 39.6. The number of nitrogens with zero attached hydrogens (tertiary/aromatic N) is 4. The number of halogens is 2. The predicted molar refractivity (Wildman–Crippen MR) is 195 cm³/mol. The van der Waals surface area contributed by atoms with E-state index in [0.29, 0.717) is 36.0 Å². The summed E-state index contributed by atoms with van der Waals surface area (Å²) in [7, 11) is -8.24. The van der Waals surface area contributed by atoms with Crippen LogP contribution in [0.4, 0.5) is 11.4 Å². The number of esters is 1. The first-order chi connectivity index (χ1) is 23.7. The number of allylic oxidation sites excluding steroid dienone is 2. The number of anilines is 2. The molecule has 4 rings (SSSR count). The van der Waals surface area contributed by atoms with Crippen LogP contribution in [0.15, 0.2) is 42.2 Å². The number of hydroxylamine groups is 1. The van der Waals surface area contributed by atoms with E-state index in [1.165, 1.54) is 0 Å². The fraction of sp³-hybridized carbons (Fsp3) is 0.455. The van der Waals surface area contributed by atoms with Gasteiger partial charge in [-0.1, -0.05) is 36.2 Å². The van der Waals surface area contributed by atoms with E-state index in [1.54, 1.807) is 26.0 Å². The molecule has 0 atom stereocenters. The van der Waals surface area contributed by atoms with Gasteiger partial charge in [-0.3, -0.25) is 0 Å². The van der Waals surface area contributed by atoms with E-state index < -0.39 is 32.0 Å². The maximum absolute atomic E-state index is 12.8. The van der Waals surface area contributed by atoms with E-state index in [1.807, 2.05) is 65.2 Å². The SMILES string of the molecule is CCNOS(=O)(=O)CCC[n+]1c(/C=C/C=C2\N(CC)c3cc(Cl)c(C)cc3N2CCCS(=O)(=O)[O-])n(CC)c2cc(Cl)c(C(=O)OCC)cc21. The Kier molecular flexibility index (Phi) is 13.4. The van der Waals surface area contributed by atoms with Gasteiger partial charge in [0.15, 0.2) is 11.0 Å². The van der Waals surface area contributed by atoms with Crippen LogP contribution in [0.3, 0.4) is 0 Å². The number of imidazole rings is 1. The first-order valence-electron chi connectivity index (χ1n) is 16.4. The molecule has 1 aromatic heterocycles. The quantitative estimate of drug-likeness (QED) is 0.0840. The Morgan fingerprint density at radius 3 is 2.32 bits per heavy atom. The van der Waals surface area contributed by atoms with E-state index >= 15 is 0 Å². The Hall–Kier alpha value is -3.18. The lowest BCUT2D eigenvalue weighted by Gasteiger charge is -2.24. The van der Waals surface area contributed by atoms with Crippen LogP contribution in [0.2, 0.25) is 10.0 Å². The number of hydrogen-bond donors (Lipinski definition) is 1. The summed E-state index contributed by atoms with van der Waals surface area (Å²) < 4.78 is 73.2. The second kappa shape index (κ2) is 16.9. The summed E-state index contributed by atoms with van der Waals surface area (Å²) in [5.74, 6) is 0.149. The van der Waals surface area contributed by atoms with Crippen molar-refractivity contribution in [1.29, 1.82) is 0 Å². The maximum atomic E-state index is 12.8. The molecule has 17 heteroatoms. The lowest BCUT2D eigenvalue weighted by molar-refractivity contribution is -0.673. The van der Waals surface area contributed by atoms with Crippen molar-refractivity contribution < 1.29 is 39.8 Å². The number of benzene rings is 2. The fourth-order valence-electron chi connectivity index (χ4n) is 5.93. The minimum atomic E-state index is -4.40. The van der Waals surface area contributed by atoms with Crippen LogP contribution < -0.4 is 19.8 Å². The second-order valence-electron chi connectivity index (χ2n) is 11.5. The van der Waals surface area contributed by atoms with Crippen molar-refractivity contribution in [3.63, 3.8) is 0 Å². The summed E-state index contributed by atoms with van der Waals surface area (Å²) in [6.45, 7) is 11.4. The number of aromatic nitrogens is 2. The van der Waals surface area contributed by atoms with Crippen molar-refractivity contribution in [3.05, 3.63) is 69.2 Å². The highest BCUT2D eigenvalue weighted by atomic mass is 35.5. The lowest BCUT2D eigenvalue weighted by Crippen LogP contribution is -2.38. The number of rotatable bonds is 17. The summed E-state index contributed by atoms with van der Waals surface area (Å²) in [6, 6.07) is 7.18. The number of ether oxygens (including phenoxy) is 1. The van der Waals surface area contributed by atoms with Crippen LogP contribution in [0.1, 0.15) is 62.3 Å². The third-order valence-electron chi connectivity index (χ3n) is 8.09. The molecule has 2 heterocycles. The van der Waals surface area contributed by atoms with Gasteiger partial charge in [0.2, 0.25) is 0 Å². The van der Waals surface area contributed by atoms with Gasteiger partial charge in [-0.2, -0.15) is 18.2 Å². The van der Waals surface area contributed by atoms with E-state index in [0.717, 1.165) is 28.3 Å². The Morgan fingerprint density at radius 2 is 1.68 bits per heavy atom. The Bertz CT molecular complexity index is 2010. The molecule has 0 radical (unpaired) electrons. The van der Waals surface area contributed by atoms with Crippen molar-refractivity contribution >= 4 is 77.9 Å². The summed E-state index contributed by atoms with van der Waals surface area (Å²) in [5.41, 5.74) is 6.52. The zero-order valence-electron chi connectivity index (χ0n) is 28.7. The van der Waals surface area contributed by atoms with Crippen LogP contribution in [0.5, 0.6) is 0 Å². The summed E-state index contributed by atoms with van der Waals surface area (Å²) in [5, 5.41) is 0.815. The molecule has 0 unspecified atom stereocenters. The zero-order valence-corrected chi connectivity index (χ0v) is 31.9. The normalized spacial score (nSPS) is 14.4. The molecule has 2 aromatic carbocycles. The molecular formula is C33H43Cl2N5O8S2. The monoisotopic (exact) mass is 771 g/mol. The van der Waals surface area contributed by atoms with Crippen LogP contribution in [-0.2, 0) is 42.3 Å². The third-order valence-corrected chi connectivity index (χ3v) is 10.8. The average molecular weight is 773 g/mol. The van der Waals surface area contributed by atoms with E-state index in [-0.39, 0.29) is 48.9 Å². The number of aryl methyl sites for hydroxylation is 3. The molecule has 0 aliphatic carbocycles. The van der Waals surface area contributed by atoms with Gasteiger partial charge in [-0.25, -0.2) is 22.3 Å². The molecule has 3 aromatic rings. The molecule has 0 fully saturated rings. The largest absolute Gasteiger partial charge is 0.748 e. The van der Waals surface area contributed by atoms with Crippen molar-refractivity contribution in [3.8, 4) is 0 Å². The van der Waals surface area contributed by atoms with Gasteiger partial charge < -0.3 is 19.1 Å². The molecule has 0 saturated carbocycles. The number of hydrogen-bond acceptors (Lipinski definition) is 11. The van der Waals surface area contributed by atoms with Crippen molar-refractivity contribution in [2.45, 2.75) is 60.5 Å². The molecule has 0 bridgehead atoms. The number of fused-ring (bicyclic) bond motifs is 2. The molecule has 0 spiro atoms. The Labute approximate surface area is 303 Å². The van der Waals surface area contributed by atoms with E-state index in [2.05, 4.69) is 10.4 Å². The smallest absolute Gasteiger partial charge is 0.339 e. The predicted octanol–water partition coefficient (Wildman–Crippen LogP) is 5.14. The first-order valence-corrected chi connectivity index (χ1v) is 20.3. The highest BCUT2D eigenvalue weighted by Gasteiger charge is 2.31. The molecule has 0 amide bonds. The fourth-order valence-corrected chi connectivity index (χ4v) is 7.67. The summed E-state index contributed by atoms with van der Waals surface area (Å²) in [6.07, 6.45) is 5.96. The van der Waals surface area contributed by atoms with Crippen LogP contribution >= 0.6 is 23.2 Å².